The predicted octanol–water partition coefficient (Wildman–Crippen LogP) is 4.87. The number of benzene rings is 2. The number of halogens is 1. The van der Waals surface area contributed by atoms with E-state index in [1.807, 2.05) is 45.9 Å². The Bertz CT molecular complexity index is 1060. The Morgan fingerprint density at radius 1 is 1.00 bits per heavy atom. The van der Waals surface area contributed by atoms with Crippen LogP contribution in [0.2, 0.25) is 0 Å². The van der Waals surface area contributed by atoms with Crippen LogP contribution in [-0.2, 0) is 17.9 Å². The van der Waals surface area contributed by atoms with Crippen LogP contribution < -0.4 is 5.32 Å². The van der Waals surface area contributed by atoms with Crippen molar-refractivity contribution in [3.05, 3.63) is 64.4 Å². The number of aromatic nitrogens is 2. The van der Waals surface area contributed by atoms with Crippen molar-refractivity contribution in [3.63, 3.8) is 0 Å². The number of hydrogen-bond donors (Lipinski definition) is 1. The highest BCUT2D eigenvalue weighted by molar-refractivity contribution is 9.10. The Balaban J connectivity index is 1.82. The summed E-state index contributed by atoms with van der Waals surface area (Å²) in [6.07, 6.45) is 0. The van der Waals surface area contributed by atoms with Gasteiger partial charge in [-0.05, 0) is 48.2 Å². The zero-order chi connectivity index (χ0) is 23.3. The molecule has 0 spiro atoms. The van der Waals surface area contributed by atoms with Gasteiger partial charge in [0, 0.05) is 23.1 Å². The molecule has 1 N–H and O–H groups in total. The molecule has 0 radical (unpaired) electrons. The quantitative estimate of drug-likeness (QED) is 0.457. The summed E-state index contributed by atoms with van der Waals surface area (Å²) in [6.45, 7) is 10.4. The monoisotopic (exact) mass is 498 g/mol. The summed E-state index contributed by atoms with van der Waals surface area (Å²) in [5.74, 6) is 1.34. The van der Waals surface area contributed by atoms with E-state index in [2.05, 4.69) is 48.9 Å². The molecule has 2 aromatic carbocycles. The lowest BCUT2D eigenvalue weighted by Crippen LogP contribution is -2.39. The fraction of sp³-hybridized carbons (Fsp3) is 0.400. The topological polar surface area (TPSA) is 67.2 Å². The van der Waals surface area contributed by atoms with Crippen LogP contribution in [0.25, 0.3) is 11.0 Å². The molecule has 7 heteroatoms. The van der Waals surface area contributed by atoms with Gasteiger partial charge < -0.3 is 14.8 Å². The highest BCUT2D eigenvalue weighted by Gasteiger charge is 2.20. The Labute approximate surface area is 198 Å². The van der Waals surface area contributed by atoms with E-state index in [4.69, 9.17) is 4.98 Å². The Morgan fingerprint density at radius 3 is 2.25 bits per heavy atom. The van der Waals surface area contributed by atoms with E-state index in [1.54, 1.807) is 12.1 Å². The van der Waals surface area contributed by atoms with E-state index in [9.17, 15) is 9.59 Å². The number of imidazole rings is 1. The van der Waals surface area contributed by atoms with Crippen molar-refractivity contribution in [2.24, 2.45) is 11.8 Å². The fourth-order valence-electron chi connectivity index (χ4n) is 3.69. The number of carbonyl (C=O) groups is 2. The maximum Gasteiger partial charge on any atom is 0.251 e. The summed E-state index contributed by atoms with van der Waals surface area (Å²) >= 11 is 3.38. The van der Waals surface area contributed by atoms with Gasteiger partial charge in [0.15, 0.2) is 0 Å². The van der Waals surface area contributed by atoms with E-state index in [0.29, 0.717) is 23.2 Å². The lowest BCUT2D eigenvalue weighted by atomic mass is 10.1. The largest absolute Gasteiger partial charge is 0.345 e. The molecule has 6 nitrogen and oxygen atoms in total. The first-order chi connectivity index (χ1) is 15.2. The lowest BCUT2D eigenvalue weighted by Gasteiger charge is -2.27. The van der Waals surface area contributed by atoms with Crippen molar-refractivity contribution in [3.8, 4) is 0 Å². The predicted molar refractivity (Wildman–Crippen MR) is 131 cm³/mol. The minimum atomic E-state index is -0.177. The summed E-state index contributed by atoms with van der Waals surface area (Å²) in [4.78, 5) is 32.5. The molecule has 32 heavy (non-hydrogen) atoms. The van der Waals surface area contributed by atoms with E-state index in [1.165, 1.54) is 0 Å². The second-order valence-electron chi connectivity index (χ2n) is 8.88. The Hall–Kier alpha value is -2.67. The van der Waals surface area contributed by atoms with Gasteiger partial charge in [0.2, 0.25) is 5.91 Å². The molecule has 3 aromatic rings. The summed E-state index contributed by atoms with van der Waals surface area (Å²) in [5.41, 5.74) is 2.28. The van der Waals surface area contributed by atoms with Gasteiger partial charge in [0.25, 0.3) is 5.91 Å². The molecule has 0 aliphatic rings. The second-order valence-corrected chi connectivity index (χ2v) is 9.79. The molecule has 0 aliphatic heterocycles. The second kappa shape index (κ2) is 10.8. The van der Waals surface area contributed by atoms with Crippen LogP contribution in [0.5, 0.6) is 0 Å². The van der Waals surface area contributed by atoms with Crippen LogP contribution in [0.4, 0.5) is 0 Å². The molecule has 0 unspecified atom stereocenters. The van der Waals surface area contributed by atoms with Gasteiger partial charge in [-0.25, -0.2) is 4.98 Å². The van der Waals surface area contributed by atoms with Crippen LogP contribution in [0.15, 0.2) is 53.0 Å². The van der Waals surface area contributed by atoms with Gasteiger partial charge >= 0.3 is 0 Å². The van der Waals surface area contributed by atoms with Crippen molar-refractivity contribution in [1.82, 2.24) is 19.8 Å². The molecule has 0 aliphatic carbocycles. The van der Waals surface area contributed by atoms with Gasteiger partial charge in [0.05, 0.1) is 17.6 Å². The minimum Gasteiger partial charge on any atom is -0.345 e. The average molecular weight is 499 g/mol. The van der Waals surface area contributed by atoms with E-state index < -0.39 is 0 Å². The van der Waals surface area contributed by atoms with Gasteiger partial charge in [-0.3, -0.25) is 9.59 Å². The normalized spacial score (nSPS) is 11.3. The lowest BCUT2D eigenvalue weighted by molar-refractivity contribution is -0.132. The van der Waals surface area contributed by atoms with Crippen molar-refractivity contribution in [2.45, 2.75) is 40.8 Å². The third-order valence-electron chi connectivity index (χ3n) is 5.06. The molecular formula is C25H31BrN4O2. The first-order valence-electron chi connectivity index (χ1n) is 11.0. The van der Waals surface area contributed by atoms with E-state index in [0.717, 1.165) is 28.6 Å². The Morgan fingerprint density at radius 2 is 1.62 bits per heavy atom. The first kappa shape index (κ1) is 24.0. The molecule has 0 atom stereocenters. The number of nitrogens with one attached hydrogen (secondary N) is 1. The maximum atomic E-state index is 13.3. The van der Waals surface area contributed by atoms with Gasteiger partial charge in [-0.1, -0.05) is 55.8 Å². The van der Waals surface area contributed by atoms with Crippen LogP contribution in [0, 0.1) is 11.8 Å². The third-order valence-corrected chi connectivity index (χ3v) is 5.59. The van der Waals surface area contributed by atoms with E-state index in [-0.39, 0.29) is 24.9 Å². The standard InChI is InChI=1S/C25H31BrN4O2/c1-17(2)14-29(15-18(3)4)24(31)16-30-22-8-6-5-7-21(22)28-23(30)13-27-25(32)19-9-11-20(26)12-10-19/h5-12,17-18H,13-16H2,1-4H3,(H,27,32). The number of amides is 2. The number of para-hydroxylation sites is 2. The summed E-state index contributed by atoms with van der Waals surface area (Å²) < 4.78 is 2.84. The Kier molecular flexibility index (Phi) is 8.07. The van der Waals surface area contributed by atoms with Crippen molar-refractivity contribution in [1.29, 1.82) is 0 Å². The smallest absolute Gasteiger partial charge is 0.251 e. The van der Waals surface area contributed by atoms with E-state index >= 15 is 0 Å². The van der Waals surface area contributed by atoms with Crippen molar-refractivity contribution in [2.75, 3.05) is 13.1 Å². The van der Waals surface area contributed by atoms with Crippen molar-refractivity contribution >= 4 is 38.8 Å². The number of rotatable bonds is 9. The van der Waals surface area contributed by atoms with Crippen LogP contribution in [0.3, 0.4) is 0 Å². The SMILES string of the molecule is CC(C)CN(CC(C)C)C(=O)Cn1c(CNC(=O)c2ccc(Br)cc2)nc2ccccc21. The molecule has 0 saturated heterocycles. The van der Waals surface area contributed by atoms with Crippen molar-refractivity contribution < 1.29 is 9.59 Å². The highest BCUT2D eigenvalue weighted by atomic mass is 79.9. The minimum absolute atomic E-state index is 0.0658. The van der Waals surface area contributed by atoms with Gasteiger partial charge in [0.1, 0.15) is 12.4 Å². The van der Waals surface area contributed by atoms with Crippen LogP contribution >= 0.6 is 15.9 Å². The molecule has 2 amide bonds. The molecule has 0 fully saturated rings. The summed E-state index contributed by atoms with van der Waals surface area (Å²) in [6, 6.07) is 15.0. The van der Waals surface area contributed by atoms with Crippen LogP contribution in [-0.4, -0.2) is 39.4 Å². The molecule has 0 bridgehead atoms. The number of fused-ring (bicyclic) bond motifs is 1. The molecule has 1 aromatic heterocycles. The van der Waals surface area contributed by atoms with Crippen LogP contribution in [0.1, 0.15) is 43.9 Å². The zero-order valence-electron chi connectivity index (χ0n) is 19.1. The molecule has 0 saturated carbocycles. The first-order valence-corrected chi connectivity index (χ1v) is 11.8. The molecule has 3 rings (SSSR count). The van der Waals surface area contributed by atoms with Gasteiger partial charge in [-0.2, -0.15) is 0 Å². The highest BCUT2D eigenvalue weighted by Crippen LogP contribution is 2.18. The molecule has 170 valence electrons. The average Bonchev–Trinajstić information content (AvgIpc) is 3.08. The number of carbonyl (C=O) groups excluding carboxylic acids is 2. The van der Waals surface area contributed by atoms with Gasteiger partial charge in [-0.15, -0.1) is 0 Å². The summed E-state index contributed by atoms with van der Waals surface area (Å²) in [5, 5.41) is 2.94. The fourth-order valence-corrected chi connectivity index (χ4v) is 3.96. The summed E-state index contributed by atoms with van der Waals surface area (Å²) in [7, 11) is 0. The number of nitrogens with zero attached hydrogens (tertiary/aromatic N) is 3. The third kappa shape index (κ3) is 6.19. The number of hydrogen-bond acceptors (Lipinski definition) is 3. The zero-order valence-corrected chi connectivity index (χ0v) is 20.7. The maximum absolute atomic E-state index is 13.3. The molecule has 1 heterocycles. The molecular weight excluding hydrogens is 468 g/mol.